The van der Waals surface area contributed by atoms with Crippen molar-refractivity contribution in [2.45, 2.75) is 116 Å². The lowest BCUT2D eigenvalue weighted by Crippen LogP contribution is -2.66. The third-order valence-electron chi connectivity index (χ3n) is 7.28. The van der Waals surface area contributed by atoms with Crippen LogP contribution in [0.3, 0.4) is 0 Å². The molecule has 15 heteroatoms. The van der Waals surface area contributed by atoms with Gasteiger partial charge in [-0.1, -0.05) is 0 Å². The molecular formula is C30H51N9O6. The van der Waals surface area contributed by atoms with Crippen molar-refractivity contribution in [3.8, 4) is 0 Å². The molecule has 1 aromatic rings. The highest BCUT2D eigenvalue weighted by atomic mass is 16.7. The fraction of sp³-hybridized carbons (Fsp3) is 0.800. The van der Waals surface area contributed by atoms with E-state index in [0.29, 0.717) is 39.3 Å². The lowest BCUT2D eigenvalue weighted by atomic mass is 9.93. The Hall–Kier alpha value is -2.82. The molecule has 0 unspecified atom stereocenters. The molecule has 45 heavy (non-hydrogen) atoms. The zero-order chi connectivity index (χ0) is 33.8. The molecule has 3 aliphatic rings. The Kier molecular flexibility index (Phi) is 9.16. The lowest BCUT2D eigenvalue weighted by Gasteiger charge is -2.46. The van der Waals surface area contributed by atoms with E-state index in [2.05, 4.69) is 30.9 Å². The molecule has 3 N–H and O–H groups in total. The van der Waals surface area contributed by atoms with Crippen LogP contribution >= 0.6 is 0 Å². The molecule has 3 fully saturated rings. The first-order valence-corrected chi connectivity index (χ1v) is 15.4. The van der Waals surface area contributed by atoms with Crippen LogP contribution in [0.5, 0.6) is 0 Å². The van der Waals surface area contributed by atoms with E-state index in [9.17, 15) is 14.4 Å². The molecule has 15 nitrogen and oxygen atoms in total. The van der Waals surface area contributed by atoms with Crippen LogP contribution in [-0.4, -0.2) is 121 Å². The molecule has 0 radical (unpaired) electrons. The molecular weight excluding hydrogens is 582 g/mol. The number of carbonyl (C=O) groups excluding carboxylic acids is 3. The minimum absolute atomic E-state index is 0.360. The van der Waals surface area contributed by atoms with Crippen molar-refractivity contribution in [2.24, 2.45) is 0 Å². The van der Waals surface area contributed by atoms with Crippen molar-refractivity contribution < 1.29 is 28.9 Å². The van der Waals surface area contributed by atoms with Gasteiger partial charge in [0.25, 0.3) is 0 Å². The van der Waals surface area contributed by atoms with Crippen LogP contribution in [0.25, 0.3) is 0 Å². The van der Waals surface area contributed by atoms with Crippen LogP contribution in [-0.2, 0) is 14.5 Å². The molecule has 0 saturated carbocycles. The molecule has 3 saturated heterocycles. The Bertz CT molecular complexity index is 1110. The smallest absolute Gasteiger partial charge is 0.361 e. The van der Waals surface area contributed by atoms with Gasteiger partial charge >= 0.3 is 17.9 Å². The summed E-state index contributed by atoms with van der Waals surface area (Å²) in [6.45, 7) is 26.3. The largest absolute Gasteiger partial charge is 0.395 e. The van der Waals surface area contributed by atoms with Gasteiger partial charge in [-0.3, -0.25) is 0 Å². The minimum Gasteiger partial charge on any atom is -0.361 e. The summed E-state index contributed by atoms with van der Waals surface area (Å²) in [6.07, 6.45) is 0. The number of rotatable bonds is 6. The van der Waals surface area contributed by atoms with Gasteiger partial charge in [-0.25, -0.2) is 14.4 Å². The molecule has 0 spiro atoms. The van der Waals surface area contributed by atoms with E-state index >= 15 is 0 Å². The van der Waals surface area contributed by atoms with Crippen molar-refractivity contribution in [2.75, 3.05) is 39.3 Å². The van der Waals surface area contributed by atoms with Gasteiger partial charge in [0.1, 0.15) is 0 Å². The quantitative estimate of drug-likeness (QED) is 0.412. The van der Waals surface area contributed by atoms with Crippen molar-refractivity contribution in [1.82, 2.24) is 46.1 Å². The number of hydroxylamine groups is 6. The van der Waals surface area contributed by atoms with Crippen molar-refractivity contribution in [3.63, 3.8) is 0 Å². The molecule has 0 aliphatic carbocycles. The standard InChI is InChI=1S/C30H51N9O6/c1-25(2)13-37(14-26(3,4)34-25)43-22(40)19-31-20(23(41)44-38-15-27(5,6)35-28(7,8)16-38)33-21(32-19)24(42)45-39-17-29(9,10)36-30(11,12)18-39/h34-36H,13-18H2,1-12H3. The van der Waals surface area contributed by atoms with Gasteiger partial charge in [0.05, 0.1) is 39.3 Å². The topological polar surface area (TPSA) is 163 Å². The summed E-state index contributed by atoms with van der Waals surface area (Å²) < 4.78 is 0. The monoisotopic (exact) mass is 633 g/mol. The van der Waals surface area contributed by atoms with Gasteiger partial charge in [-0.15, -0.1) is 15.2 Å². The highest BCUT2D eigenvalue weighted by Gasteiger charge is 2.42. The number of hydrogen-bond donors (Lipinski definition) is 3. The first kappa shape index (κ1) is 35.0. The third-order valence-corrected chi connectivity index (χ3v) is 7.28. The van der Waals surface area contributed by atoms with Gasteiger partial charge in [-0.05, 0) is 83.1 Å². The molecule has 252 valence electrons. The summed E-state index contributed by atoms with van der Waals surface area (Å²) in [5, 5.41) is 15.1. The fourth-order valence-electron chi connectivity index (χ4n) is 7.12. The molecule has 4 heterocycles. The van der Waals surface area contributed by atoms with E-state index in [1.807, 2.05) is 83.1 Å². The van der Waals surface area contributed by atoms with E-state index in [4.69, 9.17) is 14.5 Å². The van der Waals surface area contributed by atoms with Crippen LogP contribution in [0, 0.1) is 0 Å². The number of carbonyl (C=O) groups is 3. The first-order valence-electron chi connectivity index (χ1n) is 15.4. The average Bonchev–Trinajstić information content (AvgIpc) is 2.77. The van der Waals surface area contributed by atoms with Crippen molar-refractivity contribution in [1.29, 1.82) is 0 Å². The normalized spacial score (nSPS) is 25.6. The summed E-state index contributed by atoms with van der Waals surface area (Å²) in [7, 11) is 0. The van der Waals surface area contributed by atoms with E-state index in [-0.39, 0.29) is 33.2 Å². The highest BCUT2D eigenvalue weighted by Crippen LogP contribution is 2.24. The summed E-state index contributed by atoms with van der Waals surface area (Å²) >= 11 is 0. The van der Waals surface area contributed by atoms with Gasteiger partial charge < -0.3 is 30.5 Å². The molecule has 0 atom stereocenters. The van der Waals surface area contributed by atoms with E-state index in [0.717, 1.165) is 0 Å². The summed E-state index contributed by atoms with van der Waals surface area (Å²) in [4.78, 5) is 69.6. The maximum absolute atomic E-state index is 13.4. The van der Waals surface area contributed by atoms with Crippen LogP contribution < -0.4 is 16.0 Å². The molecule has 3 aliphatic heterocycles. The maximum atomic E-state index is 13.4. The number of aromatic nitrogens is 3. The maximum Gasteiger partial charge on any atom is 0.395 e. The van der Waals surface area contributed by atoms with Crippen LogP contribution in [0.4, 0.5) is 0 Å². The zero-order valence-electron chi connectivity index (χ0n) is 28.9. The van der Waals surface area contributed by atoms with Gasteiger partial charge in [0.15, 0.2) is 0 Å². The minimum atomic E-state index is -0.942. The molecule has 4 rings (SSSR count). The first-order chi connectivity index (χ1) is 20.3. The molecule has 0 aromatic carbocycles. The summed E-state index contributed by atoms with van der Waals surface area (Å²) in [6, 6.07) is 0. The van der Waals surface area contributed by atoms with Crippen LogP contribution in [0.15, 0.2) is 0 Å². The lowest BCUT2D eigenvalue weighted by molar-refractivity contribution is -0.153. The van der Waals surface area contributed by atoms with E-state index in [1.165, 1.54) is 15.2 Å². The number of nitrogens with zero attached hydrogens (tertiary/aromatic N) is 6. The van der Waals surface area contributed by atoms with Gasteiger partial charge in [0, 0.05) is 33.2 Å². The number of nitrogens with one attached hydrogen (secondary N) is 3. The number of hydrogen-bond acceptors (Lipinski definition) is 15. The van der Waals surface area contributed by atoms with Crippen LogP contribution in [0.2, 0.25) is 0 Å². The molecule has 1 aromatic heterocycles. The predicted molar refractivity (Wildman–Crippen MR) is 165 cm³/mol. The predicted octanol–water partition coefficient (Wildman–Crippen LogP) is 1.47. The molecule has 0 bridgehead atoms. The van der Waals surface area contributed by atoms with Gasteiger partial charge in [0.2, 0.25) is 17.5 Å². The Balaban J connectivity index is 1.61. The average molecular weight is 634 g/mol. The second-order valence-corrected chi connectivity index (χ2v) is 16.5. The van der Waals surface area contributed by atoms with E-state index < -0.39 is 35.4 Å². The number of piperazine rings is 3. The van der Waals surface area contributed by atoms with Gasteiger partial charge in [-0.2, -0.15) is 15.0 Å². The summed E-state index contributed by atoms with van der Waals surface area (Å²) in [5.41, 5.74) is -2.16. The van der Waals surface area contributed by atoms with Crippen LogP contribution in [0.1, 0.15) is 115 Å². The fourth-order valence-corrected chi connectivity index (χ4v) is 7.12. The molecule has 0 amide bonds. The zero-order valence-corrected chi connectivity index (χ0v) is 28.9. The Labute approximate surface area is 266 Å². The Morgan fingerprint density at radius 2 is 0.622 bits per heavy atom. The van der Waals surface area contributed by atoms with Crippen molar-refractivity contribution >= 4 is 17.9 Å². The highest BCUT2D eigenvalue weighted by molar-refractivity contribution is 5.92. The SMILES string of the molecule is CC1(C)CN(OC(=O)c2nc(C(=O)ON3CC(C)(C)NC(C)(C)C3)nc(C(=O)ON3CC(C)(C)NC(C)(C)C3)n2)CC(C)(C)N1. The van der Waals surface area contributed by atoms with Crippen molar-refractivity contribution in [3.05, 3.63) is 17.5 Å². The third kappa shape index (κ3) is 9.59. The van der Waals surface area contributed by atoms with E-state index in [1.54, 1.807) is 0 Å². The Morgan fingerprint density at radius 3 is 0.800 bits per heavy atom. The second-order valence-electron chi connectivity index (χ2n) is 16.5. The Morgan fingerprint density at radius 1 is 0.444 bits per heavy atom. The summed E-state index contributed by atoms with van der Waals surface area (Å²) in [5.74, 6) is -4.37. The second kappa shape index (κ2) is 11.8.